The highest BCUT2D eigenvalue weighted by molar-refractivity contribution is 6.31. The molecule has 0 unspecified atom stereocenters. The number of carbonyl (C=O) groups excluding carboxylic acids is 1. The van der Waals surface area contributed by atoms with Crippen molar-refractivity contribution in [3.63, 3.8) is 0 Å². The molecule has 0 bridgehead atoms. The zero-order chi connectivity index (χ0) is 17.4. The van der Waals surface area contributed by atoms with Crippen LogP contribution in [-0.2, 0) is 11.3 Å². The minimum atomic E-state index is -1.03. The predicted molar refractivity (Wildman–Crippen MR) is 89.2 cm³/mol. The summed E-state index contributed by atoms with van der Waals surface area (Å²) in [5.41, 5.74) is 1.14. The van der Waals surface area contributed by atoms with Gasteiger partial charge in [0.25, 0.3) is 0 Å². The Balaban J connectivity index is 1.65. The number of carboxylic acids is 1. The van der Waals surface area contributed by atoms with Gasteiger partial charge in [-0.1, -0.05) is 29.8 Å². The smallest absolute Gasteiger partial charge is 0.339 e. The number of halogens is 1. The van der Waals surface area contributed by atoms with Crippen molar-refractivity contribution in [2.45, 2.75) is 25.8 Å². The van der Waals surface area contributed by atoms with Gasteiger partial charge in [-0.2, -0.15) is 0 Å². The third-order valence-corrected chi connectivity index (χ3v) is 4.72. The first-order valence-electron chi connectivity index (χ1n) is 7.70. The van der Waals surface area contributed by atoms with E-state index in [0.29, 0.717) is 16.5 Å². The fraction of sp³-hybridized carbons (Fsp3) is 0.333. The Labute approximate surface area is 144 Å². The highest BCUT2D eigenvalue weighted by Gasteiger charge is 2.46. The number of hydrogen-bond acceptors (Lipinski definition) is 3. The topological polar surface area (TPSA) is 70.8 Å². The maximum absolute atomic E-state index is 12.6. The second kappa shape index (κ2) is 6.32. The molecule has 1 aromatic carbocycles. The molecule has 1 saturated carbocycles. The van der Waals surface area contributed by atoms with Gasteiger partial charge in [-0.25, -0.2) is 4.79 Å². The number of aromatic carboxylic acids is 1. The van der Waals surface area contributed by atoms with E-state index in [1.807, 2.05) is 24.3 Å². The van der Waals surface area contributed by atoms with Gasteiger partial charge in [-0.15, -0.1) is 0 Å². The second-order valence-corrected chi connectivity index (χ2v) is 6.56. The molecule has 0 radical (unpaired) electrons. The van der Waals surface area contributed by atoms with Crippen LogP contribution in [0.5, 0.6) is 0 Å². The monoisotopic (exact) mass is 347 g/mol. The molecule has 0 saturated heterocycles. The lowest BCUT2D eigenvalue weighted by molar-refractivity contribution is -0.132. The van der Waals surface area contributed by atoms with Crippen molar-refractivity contribution in [1.29, 1.82) is 0 Å². The Kier molecular flexibility index (Phi) is 4.37. The Bertz CT molecular complexity index is 798. The molecule has 126 valence electrons. The molecule has 1 fully saturated rings. The predicted octanol–water partition coefficient (Wildman–Crippen LogP) is 3.70. The van der Waals surface area contributed by atoms with Crippen LogP contribution in [0.25, 0.3) is 0 Å². The molecule has 3 rings (SSSR count). The molecule has 2 atom stereocenters. The Morgan fingerprint density at radius 3 is 2.71 bits per heavy atom. The molecule has 1 aliphatic rings. The van der Waals surface area contributed by atoms with Gasteiger partial charge in [-0.05, 0) is 37.0 Å². The third-order valence-electron chi connectivity index (χ3n) is 4.38. The Morgan fingerprint density at radius 1 is 1.38 bits per heavy atom. The van der Waals surface area contributed by atoms with Crippen LogP contribution in [0, 0.1) is 12.8 Å². The third kappa shape index (κ3) is 3.17. The molecule has 1 aliphatic carbocycles. The number of carboxylic acid groups (broad SMARTS) is 1. The maximum Gasteiger partial charge on any atom is 0.339 e. The number of aryl methyl sites for hydroxylation is 1. The first-order valence-corrected chi connectivity index (χ1v) is 8.08. The first kappa shape index (κ1) is 16.6. The molecule has 6 heteroatoms. The maximum atomic E-state index is 12.6. The largest absolute Gasteiger partial charge is 0.478 e. The van der Waals surface area contributed by atoms with Crippen molar-refractivity contribution < 1.29 is 19.1 Å². The van der Waals surface area contributed by atoms with Crippen LogP contribution in [0.1, 0.15) is 39.8 Å². The quantitative estimate of drug-likeness (QED) is 0.895. The summed E-state index contributed by atoms with van der Waals surface area (Å²) in [6.45, 7) is 1.85. The number of hydrogen-bond donors (Lipinski definition) is 1. The van der Waals surface area contributed by atoms with Crippen LogP contribution in [0.4, 0.5) is 0 Å². The minimum absolute atomic E-state index is 0.0193. The lowest BCUT2D eigenvalue weighted by atomic mass is 10.1. The molecule has 24 heavy (non-hydrogen) atoms. The van der Waals surface area contributed by atoms with E-state index in [2.05, 4.69) is 0 Å². The second-order valence-electron chi connectivity index (χ2n) is 6.15. The van der Waals surface area contributed by atoms with Crippen LogP contribution in [0.2, 0.25) is 5.02 Å². The molecule has 1 N–H and O–H groups in total. The van der Waals surface area contributed by atoms with Gasteiger partial charge in [0.2, 0.25) is 5.91 Å². The zero-order valence-electron chi connectivity index (χ0n) is 13.5. The van der Waals surface area contributed by atoms with E-state index in [-0.39, 0.29) is 29.9 Å². The summed E-state index contributed by atoms with van der Waals surface area (Å²) < 4.78 is 5.43. The van der Waals surface area contributed by atoms with E-state index in [9.17, 15) is 9.59 Å². The highest BCUT2D eigenvalue weighted by atomic mass is 35.5. The number of nitrogens with zero attached hydrogens (tertiary/aromatic N) is 1. The zero-order valence-corrected chi connectivity index (χ0v) is 14.2. The summed E-state index contributed by atoms with van der Waals surface area (Å²) in [5, 5.41) is 9.74. The van der Waals surface area contributed by atoms with Gasteiger partial charge >= 0.3 is 5.97 Å². The van der Waals surface area contributed by atoms with E-state index in [1.54, 1.807) is 18.9 Å². The van der Waals surface area contributed by atoms with E-state index < -0.39 is 5.97 Å². The van der Waals surface area contributed by atoms with E-state index in [4.69, 9.17) is 21.1 Å². The summed E-state index contributed by atoms with van der Waals surface area (Å²) in [4.78, 5) is 25.2. The van der Waals surface area contributed by atoms with Crippen molar-refractivity contribution >= 4 is 23.5 Å². The average molecular weight is 348 g/mol. The van der Waals surface area contributed by atoms with E-state index >= 15 is 0 Å². The van der Waals surface area contributed by atoms with Gasteiger partial charge in [0, 0.05) is 18.0 Å². The lowest BCUT2D eigenvalue weighted by Crippen LogP contribution is -2.27. The first-order chi connectivity index (χ1) is 11.4. The Hall–Kier alpha value is -2.27. The number of amides is 1. The molecular weight excluding hydrogens is 330 g/mol. The SMILES string of the molecule is Cc1oc(CN(C)C(=O)[C@@H]2C[C@H]2c2ccccc2Cl)cc1C(=O)O. The normalized spacial score (nSPS) is 19.1. The standard InChI is InChI=1S/C18H18ClNO4/c1-10-13(18(22)23)7-11(24-10)9-20(2)17(21)15-8-14(15)12-5-3-4-6-16(12)19/h3-7,14-15H,8-9H2,1-2H3,(H,22,23)/t14-,15+/m0/s1. The van der Waals surface area contributed by atoms with Crippen LogP contribution < -0.4 is 0 Å². The summed E-state index contributed by atoms with van der Waals surface area (Å²) >= 11 is 6.19. The van der Waals surface area contributed by atoms with Crippen molar-refractivity contribution in [3.05, 3.63) is 58.0 Å². The van der Waals surface area contributed by atoms with Crippen LogP contribution in [0.3, 0.4) is 0 Å². The molecule has 0 spiro atoms. The van der Waals surface area contributed by atoms with Crippen LogP contribution >= 0.6 is 11.6 Å². The lowest BCUT2D eigenvalue weighted by Gasteiger charge is -2.16. The molecular formula is C18H18ClNO4. The fourth-order valence-electron chi connectivity index (χ4n) is 3.02. The number of furan rings is 1. The molecule has 1 amide bonds. The molecule has 1 heterocycles. The van der Waals surface area contributed by atoms with Crippen molar-refractivity contribution in [1.82, 2.24) is 4.90 Å². The van der Waals surface area contributed by atoms with Crippen molar-refractivity contribution in [2.24, 2.45) is 5.92 Å². The van der Waals surface area contributed by atoms with Gasteiger partial charge < -0.3 is 14.4 Å². The van der Waals surface area contributed by atoms with E-state index in [1.165, 1.54) is 6.07 Å². The number of carbonyl (C=O) groups is 2. The van der Waals surface area contributed by atoms with Crippen molar-refractivity contribution in [3.8, 4) is 0 Å². The molecule has 5 nitrogen and oxygen atoms in total. The summed E-state index contributed by atoms with van der Waals surface area (Å²) in [7, 11) is 1.70. The highest BCUT2D eigenvalue weighted by Crippen LogP contribution is 2.50. The summed E-state index contributed by atoms with van der Waals surface area (Å²) in [6, 6.07) is 9.05. The molecule has 2 aromatic rings. The van der Waals surface area contributed by atoms with Gasteiger partial charge in [0.05, 0.1) is 6.54 Å². The number of benzene rings is 1. The number of rotatable bonds is 5. The van der Waals surface area contributed by atoms with Crippen molar-refractivity contribution in [2.75, 3.05) is 7.05 Å². The van der Waals surface area contributed by atoms with Gasteiger partial charge in [-0.3, -0.25) is 4.79 Å². The van der Waals surface area contributed by atoms with E-state index in [0.717, 1.165) is 12.0 Å². The summed E-state index contributed by atoms with van der Waals surface area (Å²) in [6.07, 6.45) is 0.782. The van der Waals surface area contributed by atoms with Gasteiger partial charge in [0.1, 0.15) is 17.1 Å². The summed E-state index contributed by atoms with van der Waals surface area (Å²) in [5.74, 6) is -0.121. The molecule has 1 aromatic heterocycles. The Morgan fingerprint density at radius 2 is 2.08 bits per heavy atom. The van der Waals surface area contributed by atoms with Crippen LogP contribution in [-0.4, -0.2) is 28.9 Å². The fourth-order valence-corrected chi connectivity index (χ4v) is 3.29. The van der Waals surface area contributed by atoms with Crippen LogP contribution in [0.15, 0.2) is 34.7 Å². The average Bonchev–Trinajstić information content (AvgIpc) is 3.23. The molecule has 0 aliphatic heterocycles. The van der Waals surface area contributed by atoms with Gasteiger partial charge in [0.15, 0.2) is 0 Å². The minimum Gasteiger partial charge on any atom is -0.478 e.